The van der Waals surface area contributed by atoms with E-state index in [4.69, 9.17) is 5.11 Å². The Morgan fingerprint density at radius 3 is 2.90 bits per heavy atom. The van der Waals surface area contributed by atoms with Gasteiger partial charge in [-0.1, -0.05) is 0 Å². The average molecular weight is 290 g/mol. The maximum absolute atomic E-state index is 11.9. The van der Waals surface area contributed by atoms with Crippen LogP contribution in [0.25, 0.3) is 5.69 Å². The lowest BCUT2D eigenvalue weighted by atomic mass is 10.1. The summed E-state index contributed by atoms with van der Waals surface area (Å²) in [5, 5.41) is 22.8. The van der Waals surface area contributed by atoms with Crippen LogP contribution in [-0.4, -0.2) is 38.1 Å². The number of benzene rings is 1. The highest BCUT2D eigenvalue weighted by molar-refractivity contribution is 5.95. The van der Waals surface area contributed by atoms with Crippen LogP contribution in [0.5, 0.6) is 0 Å². The third-order valence-corrected chi connectivity index (χ3v) is 2.77. The second-order valence-corrected chi connectivity index (χ2v) is 4.49. The third-order valence-electron chi connectivity index (χ3n) is 2.77. The van der Waals surface area contributed by atoms with Gasteiger partial charge in [0, 0.05) is 30.6 Å². The minimum atomic E-state index is -0.686. The molecule has 110 valence electrons. The molecule has 2 N–H and O–H groups in total. The molecular formula is C13H14N4O4. The first kappa shape index (κ1) is 14.7. The second kappa shape index (κ2) is 6.14. The summed E-state index contributed by atoms with van der Waals surface area (Å²) in [4.78, 5) is 26.3. The Balaban J connectivity index is 2.33. The third kappa shape index (κ3) is 3.42. The highest BCUT2D eigenvalue weighted by atomic mass is 16.6. The normalized spacial score (nSPS) is 11.9. The van der Waals surface area contributed by atoms with Crippen LogP contribution >= 0.6 is 0 Å². The predicted molar refractivity (Wildman–Crippen MR) is 74.2 cm³/mol. The summed E-state index contributed by atoms with van der Waals surface area (Å²) < 4.78 is 1.50. The van der Waals surface area contributed by atoms with Crippen molar-refractivity contribution in [2.45, 2.75) is 13.0 Å². The van der Waals surface area contributed by atoms with E-state index in [2.05, 4.69) is 10.3 Å². The van der Waals surface area contributed by atoms with Gasteiger partial charge in [0.15, 0.2) is 0 Å². The Morgan fingerprint density at radius 1 is 1.57 bits per heavy atom. The van der Waals surface area contributed by atoms with Crippen LogP contribution in [0.2, 0.25) is 0 Å². The number of imidazole rings is 1. The van der Waals surface area contributed by atoms with Crippen molar-refractivity contribution in [2.75, 3.05) is 6.54 Å². The van der Waals surface area contributed by atoms with Crippen molar-refractivity contribution < 1.29 is 14.8 Å². The number of carbonyl (C=O) groups excluding carboxylic acids is 1. The summed E-state index contributed by atoms with van der Waals surface area (Å²) in [6.45, 7) is 1.61. The number of amides is 1. The number of aromatic nitrogens is 2. The molecule has 0 aliphatic carbocycles. The van der Waals surface area contributed by atoms with Gasteiger partial charge in [-0.05, 0) is 19.1 Å². The van der Waals surface area contributed by atoms with Gasteiger partial charge in [0.1, 0.15) is 5.69 Å². The average Bonchev–Trinajstić information content (AvgIpc) is 2.98. The van der Waals surface area contributed by atoms with Gasteiger partial charge in [0.2, 0.25) is 0 Å². The smallest absolute Gasteiger partial charge is 0.294 e. The molecule has 2 rings (SSSR count). The summed E-state index contributed by atoms with van der Waals surface area (Å²) in [5.74, 6) is -0.476. The van der Waals surface area contributed by atoms with E-state index in [0.29, 0.717) is 5.69 Å². The van der Waals surface area contributed by atoms with E-state index in [1.54, 1.807) is 6.20 Å². The molecule has 1 amide bonds. The SMILES string of the molecule is CC(O)CNC(=O)c1ccc(-n2ccnc2)c([N+](=O)[O-])c1. The Morgan fingerprint density at radius 2 is 2.33 bits per heavy atom. The number of aliphatic hydroxyl groups excluding tert-OH is 1. The van der Waals surface area contributed by atoms with Gasteiger partial charge in [-0.3, -0.25) is 14.9 Å². The maximum atomic E-state index is 11.9. The van der Waals surface area contributed by atoms with Crippen LogP contribution in [0.15, 0.2) is 36.9 Å². The number of nitro benzene ring substituents is 1. The molecule has 0 radical (unpaired) electrons. The van der Waals surface area contributed by atoms with Crippen molar-refractivity contribution in [2.24, 2.45) is 0 Å². The van der Waals surface area contributed by atoms with E-state index in [-0.39, 0.29) is 17.8 Å². The maximum Gasteiger partial charge on any atom is 0.294 e. The molecule has 0 spiro atoms. The van der Waals surface area contributed by atoms with E-state index in [0.717, 1.165) is 0 Å². The lowest BCUT2D eigenvalue weighted by molar-refractivity contribution is -0.384. The number of hydrogen-bond acceptors (Lipinski definition) is 5. The molecule has 0 fully saturated rings. The van der Waals surface area contributed by atoms with E-state index in [1.165, 1.54) is 42.2 Å². The number of nitrogens with one attached hydrogen (secondary N) is 1. The fourth-order valence-corrected chi connectivity index (χ4v) is 1.77. The molecule has 0 aliphatic heterocycles. The standard InChI is InChI=1S/C13H14N4O4/c1-9(18)7-15-13(19)10-2-3-11(12(6-10)17(20)21)16-5-4-14-8-16/h2-6,8-9,18H,7H2,1H3,(H,15,19). The molecule has 0 bridgehead atoms. The number of carbonyl (C=O) groups is 1. The molecule has 1 aromatic heterocycles. The molecular weight excluding hydrogens is 276 g/mol. The molecule has 2 aromatic rings. The van der Waals surface area contributed by atoms with Crippen molar-refractivity contribution in [1.82, 2.24) is 14.9 Å². The predicted octanol–water partition coefficient (Wildman–Crippen LogP) is 0.891. The van der Waals surface area contributed by atoms with Crippen LogP contribution in [0.3, 0.4) is 0 Å². The zero-order valence-electron chi connectivity index (χ0n) is 11.3. The zero-order valence-corrected chi connectivity index (χ0v) is 11.3. The van der Waals surface area contributed by atoms with Gasteiger partial charge in [-0.25, -0.2) is 4.98 Å². The summed E-state index contributed by atoms with van der Waals surface area (Å²) in [6.07, 6.45) is 3.84. The van der Waals surface area contributed by atoms with E-state index < -0.39 is 16.9 Å². The van der Waals surface area contributed by atoms with Crippen molar-refractivity contribution in [1.29, 1.82) is 0 Å². The summed E-state index contributed by atoms with van der Waals surface area (Å²) >= 11 is 0. The topological polar surface area (TPSA) is 110 Å². The Kier molecular flexibility index (Phi) is 4.29. The molecule has 0 saturated heterocycles. The number of rotatable bonds is 5. The van der Waals surface area contributed by atoms with Gasteiger partial charge in [0.05, 0.1) is 17.4 Å². The van der Waals surface area contributed by atoms with Crippen LogP contribution in [0.4, 0.5) is 5.69 Å². The van der Waals surface area contributed by atoms with Gasteiger partial charge < -0.3 is 15.0 Å². The molecule has 21 heavy (non-hydrogen) atoms. The number of hydrogen-bond donors (Lipinski definition) is 2. The lowest BCUT2D eigenvalue weighted by Crippen LogP contribution is -2.30. The molecule has 1 aromatic carbocycles. The first-order chi connectivity index (χ1) is 9.99. The van der Waals surface area contributed by atoms with E-state index in [9.17, 15) is 14.9 Å². The lowest BCUT2D eigenvalue weighted by Gasteiger charge is -2.08. The summed E-state index contributed by atoms with van der Waals surface area (Å²) in [5.41, 5.74) is 0.286. The molecule has 0 aliphatic rings. The second-order valence-electron chi connectivity index (χ2n) is 4.49. The molecule has 1 atom stereocenters. The number of nitrogens with zero attached hydrogens (tertiary/aromatic N) is 3. The van der Waals surface area contributed by atoms with Gasteiger partial charge in [-0.2, -0.15) is 0 Å². The first-order valence-corrected chi connectivity index (χ1v) is 6.22. The van der Waals surface area contributed by atoms with Crippen LogP contribution in [0.1, 0.15) is 17.3 Å². The fraction of sp³-hybridized carbons (Fsp3) is 0.231. The van der Waals surface area contributed by atoms with Gasteiger partial charge >= 0.3 is 0 Å². The number of nitro groups is 1. The van der Waals surface area contributed by atoms with E-state index >= 15 is 0 Å². The molecule has 8 nitrogen and oxygen atoms in total. The zero-order chi connectivity index (χ0) is 15.4. The summed E-state index contributed by atoms with van der Waals surface area (Å²) in [6, 6.07) is 4.17. The van der Waals surface area contributed by atoms with Gasteiger partial charge in [0.25, 0.3) is 11.6 Å². The molecule has 8 heteroatoms. The van der Waals surface area contributed by atoms with E-state index in [1.807, 2.05) is 0 Å². The van der Waals surface area contributed by atoms with Crippen molar-refractivity contribution in [3.05, 3.63) is 52.6 Å². The Labute approximate surface area is 120 Å². The van der Waals surface area contributed by atoms with Crippen molar-refractivity contribution in [3.63, 3.8) is 0 Å². The van der Waals surface area contributed by atoms with Crippen molar-refractivity contribution >= 4 is 11.6 Å². The monoisotopic (exact) mass is 290 g/mol. The fourth-order valence-electron chi connectivity index (χ4n) is 1.77. The van der Waals surface area contributed by atoms with Gasteiger partial charge in [-0.15, -0.1) is 0 Å². The van der Waals surface area contributed by atoms with Crippen LogP contribution < -0.4 is 5.32 Å². The Bertz CT molecular complexity index is 652. The number of aliphatic hydroxyl groups is 1. The highest BCUT2D eigenvalue weighted by Crippen LogP contribution is 2.24. The molecule has 1 unspecified atom stereocenters. The minimum absolute atomic E-state index is 0.0793. The van der Waals surface area contributed by atoms with Crippen LogP contribution in [0, 0.1) is 10.1 Å². The summed E-state index contributed by atoms with van der Waals surface area (Å²) in [7, 11) is 0. The van der Waals surface area contributed by atoms with Crippen LogP contribution in [-0.2, 0) is 0 Å². The largest absolute Gasteiger partial charge is 0.392 e. The highest BCUT2D eigenvalue weighted by Gasteiger charge is 2.18. The quantitative estimate of drug-likeness (QED) is 0.627. The molecule has 1 heterocycles. The minimum Gasteiger partial charge on any atom is -0.392 e. The van der Waals surface area contributed by atoms with Crippen molar-refractivity contribution in [3.8, 4) is 5.69 Å². The Hall–Kier alpha value is -2.74. The molecule has 0 saturated carbocycles. The first-order valence-electron chi connectivity index (χ1n) is 6.22.